The zero-order chi connectivity index (χ0) is 15.2. The van der Waals surface area contributed by atoms with Gasteiger partial charge in [0.15, 0.2) is 0 Å². The predicted molar refractivity (Wildman–Crippen MR) is 85.8 cm³/mol. The van der Waals surface area contributed by atoms with Gasteiger partial charge in [-0.15, -0.1) is 0 Å². The standard InChI is InChI=1S/C16H26N4O/c1-4-6-17-15-12-14(11-13(2)18-15)16(21)20-8-5-7-19(3)9-10-20/h11-12H,4-10H2,1-3H3,(H,17,18). The molecule has 0 saturated carbocycles. The van der Waals surface area contributed by atoms with Crippen LogP contribution in [0.1, 0.15) is 35.8 Å². The zero-order valence-electron chi connectivity index (χ0n) is 13.4. The van der Waals surface area contributed by atoms with Crippen LogP contribution in [0.5, 0.6) is 0 Å². The maximum Gasteiger partial charge on any atom is 0.254 e. The van der Waals surface area contributed by atoms with Crippen molar-refractivity contribution in [2.75, 3.05) is 45.1 Å². The Morgan fingerprint density at radius 3 is 2.86 bits per heavy atom. The van der Waals surface area contributed by atoms with Crippen molar-refractivity contribution in [1.29, 1.82) is 0 Å². The van der Waals surface area contributed by atoms with Crippen LogP contribution in [0.4, 0.5) is 5.82 Å². The molecule has 5 nitrogen and oxygen atoms in total. The molecule has 1 aliphatic rings. The van der Waals surface area contributed by atoms with E-state index in [-0.39, 0.29) is 5.91 Å². The SMILES string of the molecule is CCCNc1cc(C(=O)N2CCCN(C)CC2)cc(C)n1. The Morgan fingerprint density at radius 2 is 2.10 bits per heavy atom. The van der Waals surface area contributed by atoms with Crippen LogP contribution in [-0.4, -0.2) is 60.5 Å². The third kappa shape index (κ3) is 4.43. The van der Waals surface area contributed by atoms with E-state index in [0.29, 0.717) is 0 Å². The average molecular weight is 290 g/mol. The van der Waals surface area contributed by atoms with E-state index in [9.17, 15) is 4.79 Å². The summed E-state index contributed by atoms with van der Waals surface area (Å²) in [4.78, 5) is 21.4. The van der Waals surface area contributed by atoms with E-state index in [0.717, 1.165) is 62.6 Å². The van der Waals surface area contributed by atoms with Gasteiger partial charge < -0.3 is 15.1 Å². The van der Waals surface area contributed by atoms with Crippen LogP contribution in [-0.2, 0) is 0 Å². The highest BCUT2D eigenvalue weighted by molar-refractivity contribution is 5.95. The number of pyridine rings is 1. The first kappa shape index (κ1) is 15.8. The molecule has 1 aromatic heterocycles. The number of hydrogen-bond donors (Lipinski definition) is 1. The number of amides is 1. The van der Waals surface area contributed by atoms with Gasteiger partial charge in [0.25, 0.3) is 5.91 Å². The second-order valence-corrected chi connectivity index (χ2v) is 5.76. The van der Waals surface area contributed by atoms with Gasteiger partial charge in [-0.3, -0.25) is 4.79 Å². The minimum Gasteiger partial charge on any atom is -0.370 e. The Labute approximate surface area is 127 Å². The van der Waals surface area contributed by atoms with E-state index in [4.69, 9.17) is 0 Å². The summed E-state index contributed by atoms with van der Waals surface area (Å²) in [5.74, 6) is 0.919. The number of aromatic nitrogens is 1. The largest absolute Gasteiger partial charge is 0.370 e. The summed E-state index contributed by atoms with van der Waals surface area (Å²) in [5.41, 5.74) is 1.62. The van der Waals surface area contributed by atoms with Crippen LogP contribution in [0, 0.1) is 6.92 Å². The monoisotopic (exact) mass is 290 g/mol. The first-order chi connectivity index (χ1) is 10.1. The summed E-state index contributed by atoms with van der Waals surface area (Å²) in [6.07, 6.45) is 2.07. The molecule has 0 bridgehead atoms. The van der Waals surface area contributed by atoms with Crippen molar-refractivity contribution < 1.29 is 4.79 Å². The molecule has 1 aromatic rings. The number of likely N-dealkylation sites (N-methyl/N-ethyl adjacent to an activating group) is 1. The summed E-state index contributed by atoms with van der Waals surface area (Å²) in [6.45, 7) is 8.56. The van der Waals surface area contributed by atoms with Gasteiger partial charge in [0.05, 0.1) is 0 Å². The number of carbonyl (C=O) groups excluding carboxylic acids is 1. The van der Waals surface area contributed by atoms with Crippen LogP contribution >= 0.6 is 0 Å². The Bertz CT molecular complexity index is 489. The fraction of sp³-hybridized carbons (Fsp3) is 0.625. The normalized spacial score (nSPS) is 16.6. The Hall–Kier alpha value is -1.62. The fourth-order valence-electron chi connectivity index (χ4n) is 2.57. The van der Waals surface area contributed by atoms with Gasteiger partial charge in [-0.1, -0.05) is 6.92 Å². The molecular formula is C16H26N4O. The Morgan fingerprint density at radius 1 is 1.29 bits per heavy atom. The second kappa shape index (κ2) is 7.41. The van der Waals surface area contributed by atoms with Crippen molar-refractivity contribution >= 4 is 11.7 Å². The molecular weight excluding hydrogens is 264 g/mol. The molecule has 0 unspecified atom stereocenters. The third-order valence-electron chi connectivity index (χ3n) is 3.76. The van der Waals surface area contributed by atoms with E-state index in [2.05, 4.69) is 29.2 Å². The first-order valence-electron chi connectivity index (χ1n) is 7.80. The molecule has 0 radical (unpaired) electrons. The van der Waals surface area contributed by atoms with E-state index in [1.54, 1.807) is 0 Å². The molecule has 21 heavy (non-hydrogen) atoms. The molecule has 2 heterocycles. The van der Waals surface area contributed by atoms with Crippen molar-refractivity contribution in [1.82, 2.24) is 14.8 Å². The van der Waals surface area contributed by atoms with Crippen LogP contribution in [0.25, 0.3) is 0 Å². The van der Waals surface area contributed by atoms with Gasteiger partial charge in [0.2, 0.25) is 0 Å². The van der Waals surface area contributed by atoms with Crippen molar-refractivity contribution in [2.45, 2.75) is 26.7 Å². The molecule has 1 aliphatic heterocycles. The van der Waals surface area contributed by atoms with Gasteiger partial charge in [-0.25, -0.2) is 4.98 Å². The predicted octanol–water partition coefficient (Wildman–Crippen LogP) is 1.99. The van der Waals surface area contributed by atoms with E-state index in [1.165, 1.54) is 0 Å². The zero-order valence-corrected chi connectivity index (χ0v) is 13.4. The van der Waals surface area contributed by atoms with Gasteiger partial charge in [-0.05, 0) is 45.5 Å². The number of carbonyl (C=O) groups is 1. The van der Waals surface area contributed by atoms with Gasteiger partial charge in [-0.2, -0.15) is 0 Å². The van der Waals surface area contributed by atoms with Crippen LogP contribution in [0.3, 0.4) is 0 Å². The van der Waals surface area contributed by atoms with E-state index >= 15 is 0 Å². The molecule has 1 amide bonds. The number of aryl methyl sites for hydroxylation is 1. The summed E-state index contributed by atoms with van der Waals surface area (Å²) in [7, 11) is 2.11. The molecule has 0 atom stereocenters. The fourth-order valence-corrected chi connectivity index (χ4v) is 2.57. The van der Waals surface area contributed by atoms with Gasteiger partial charge >= 0.3 is 0 Å². The Balaban J connectivity index is 2.12. The van der Waals surface area contributed by atoms with Crippen LogP contribution in [0.2, 0.25) is 0 Å². The number of anilines is 1. The van der Waals surface area contributed by atoms with Gasteiger partial charge in [0.1, 0.15) is 5.82 Å². The minimum absolute atomic E-state index is 0.121. The minimum atomic E-state index is 0.121. The number of hydrogen-bond acceptors (Lipinski definition) is 4. The quantitative estimate of drug-likeness (QED) is 0.921. The smallest absolute Gasteiger partial charge is 0.254 e. The summed E-state index contributed by atoms with van der Waals surface area (Å²) in [5, 5.41) is 3.26. The molecule has 0 spiro atoms. The van der Waals surface area contributed by atoms with E-state index < -0.39 is 0 Å². The van der Waals surface area contributed by atoms with Gasteiger partial charge in [0, 0.05) is 37.4 Å². The number of nitrogens with one attached hydrogen (secondary N) is 1. The molecule has 2 rings (SSSR count). The summed E-state index contributed by atoms with van der Waals surface area (Å²) < 4.78 is 0. The maximum atomic E-state index is 12.7. The molecule has 0 aliphatic carbocycles. The van der Waals surface area contributed by atoms with Crippen molar-refractivity contribution in [3.05, 3.63) is 23.4 Å². The average Bonchev–Trinajstić information content (AvgIpc) is 2.68. The van der Waals surface area contributed by atoms with E-state index in [1.807, 2.05) is 24.0 Å². The maximum absolute atomic E-state index is 12.7. The lowest BCUT2D eigenvalue weighted by Crippen LogP contribution is -2.34. The lowest BCUT2D eigenvalue weighted by molar-refractivity contribution is 0.0762. The van der Waals surface area contributed by atoms with Crippen molar-refractivity contribution in [2.24, 2.45) is 0 Å². The molecule has 1 saturated heterocycles. The molecule has 1 N–H and O–H groups in total. The highest BCUT2D eigenvalue weighted by Crippen LogP contribution is 2.14. The van der Waals surface area contributed by atoms with Crippen LogP contribution in [0.15, 0.2) is 12.1 Å². The first-order valence-corrected chi connectivity index (χ1v) is 7.80. The molecule has 1 fully saturated rings. The molecule has 0 aromatic carbocycles. The number of nitrogens with zero attached hydrogens (tertiary/aromatic N) is 3. The Kier molecular flexibility index (Phi) is 5.56. The van der Waals surface area contributed by atoms with Crippen LogP contribution < -0.4 is 5.32 Å². The summed E-state index contributed by atoms with van der Waals surface area (Å²) in [6, 6.07) is 3.76. The highest BCUT2D eigenvalue weighted by atomic mass is 16.2. The lowest BCUT2D eigenvalue weighted by Gasteiger charge is -2.21. The second-order valence-electron chi connectivity index (χ2n) is 5.76. The topological polar surface area (TPSA) is 48.5 Å². The molecule has 5 heteroatoms. The van der Waals surface area contributed by atoms with Crippen molar-refractivity contribution in [3.8, 4) is 0 Å². The van der Waals surface area contributed by atoms with Crippen molar-refractivity contribution in [3.63, 3.8) is 0 Å². The summed E-state index contributed by atoms with van der Waals surface area (Å²) >= 11 is 0. The number of rotatable bonds is 4. The highest BCUT2D eigenvalue weighted by Gasteiger charge is 2.19. The molecule has 116 valence electrons. The third-order valence-corrected chi connectivity index (χ3v) is 3.76. The lowest BCUT2D eigenvalue weighted by atomic mass is 10.2.